The smallest absolute Gasteiger partial charge is 0.129 e. The summed E-state index contributed by atoms with van der Waals surface area (Å²) < 4.78 is 26.5. The highest BCUT2D eigenvalue weighted by Gasteiger charge is 2.24. The number of rotatable bonds is 4. The van der Waals surface area contributed by atoms with Gasteiger partial charge in [0.1, 0.15) is 11.6 Å². The van der Waals surface area contributed by atoms with Crippen LogP contribution in [0.2, 0.25) is 0 Å². The Kier molecular flexibility index (Phi) is 5.33. The zero-order valence-corrected chi connectivity index (χ0v) is 11.9. The molecular weight excluding hydrogens is 272 g/mol. The second-order valence-corrected chi connectivity index (χ2v) is 6.82. The fourth-order valence-electron chi connectivity index (χ4n) is 2.08. The predicted octanol–water partition coefficient (Wildman–Crippen LogP) is 2.94. The van der Waals surface area contributed by atoms with E-state index >= 15 is 0 Å². The number of benzene rings is 1. The Bertz CT molecular complexity index is 395. The maximum Gasteiger partial charge on any atom is 0.129 e. The monoisotopic (exact) mass is 289 g/mol. The molecule has 0 spiro atoms. The molecule has 5 heteroatoms. The summed E-state index contributed by atoms with van der Waals surface area (Å²) in [5.74, 6) is 2.49. The van der Waals surface area contributed by atoms with E-state index in [9.17, 15) is 8.78 Å². The molecule has 1 N–H and O–H groups in total. The average Bonchev–Trinajstić information content (AvgIpc) is 2.39. The van der Waals surface area contributed by atoms with E-state index in [-0.39, 0.29) is 6.04 Å². The van der Waals surface area contributed by atoms with Gasteiger partial charge in [-0.25, -0.2) is 8.78 Å². The fraction of sp³-hybridized carbons (Fsp3) is 0.538. The van der Waals surface area contributed by atoms with Crippen molar-refractivity contribution in [1.29, 1.82) is 0 Å². The molecule has 1 aliphatic rings. The van der Waals surface area contributed by atoms with E-state index in [0.717, 1.165) is 17.6 Å². The first kappa shape index (κ1) is 14.2. The lowest BCUT2D eigenvalue weighted by atomic mass is 10.0. The number of nitrogens with one attached hydrogen (secondary N) is 1. The molecular formula is C13H17F2NS2. The van der Waals surface area contributed by atoms with Crippen LogP contribution < -0.4 is 5.32 Å². The zero-order chi connectivity index (χ0) is 13.0. The summed E-state index contributed by atoms with van der Waals surface area (Å²) in [5, 5.41) is 3.77. The molecule has 1 fully saturated rings. The minimum Gasteiger partial charge on any atom is -0.316 e. The summed E-state index contributed by atoms with van der Waals surface area (Å²) in [6, 6.07) is 4.08. The fourth-order valence-corrected chi connectivity index (χ4v) is 5.01. The second-order valence-electron chi connectivity index (χ2n) is 4.32. The van der Waals surface area contributed by atoms with Gasteiger partial charge in [-0.1, -0.05) is 6.07 Å². The lowest BCUT2D eigenvalue weighted by Gasteiger charge is -2.29. The summed E-state index contributed by atoms with van der Waals surface area (Å²) in [7, 11) is 1.91. The standard InChI is InChI=1S/C13H17F2NS2/c1-16-12(13-8-17-4-5-18-13)6-9-2-3-10(14)7-11(9)15/h2-3,7,12-13,16H,4-6,8H2,1H3. The molecule has 0 amide bonds. The van der Waals surface area contributed by atoms with E-state index in [1.807, 2.05) is 30.6 Å². The van der Waals surface area contributed by atoms with Crippen LogP contribution in [0.4, 0.5) is 8.78 Å². The SMILES string of the molecule is CNC(Cc1ccc(F)cc1F)C1CSCCS1. The molecule has 2 atom stereocenters. The van der Waals surface area contributed by atoms with Crippen LogP contribution in [0.5, 0.6) is 0 Å². The lowest BCUT2D eigenvalue weighted by molar-refractivity contribution is 0.525. The minimum absolute atomic E-state index is 0.239. The van der Waals surface area contributed by atoms with Gasteiger partial charge in [-0.05, 0) is 25.1 Å². The van der Waals surface area contributed by atoms with Crippen LogP contribution in [-0.4, -0.2) is 35.6 Å². The highest BCUT2D eigenvalue weighted by molar-refractivity contribution is 8.06. The Morgan fingerprint density at radius 1 is 1.39 bits per heavy atom. The van der Waals surface area contributed by atoms with Crippen molar-refractivity contribution in [3.63, 3.8) is 0 Å². The Labute approximate surface area is 115 Å². The van der Waals surface area contributed by atoms with Gasteiger partial charge in [0.05, 0.1) is 0 Å². The Morgan fingerprint density at radius 2 is 2.22 bits per heavy atom. The minimum atomic E-state index is -0.514. The van der Waals surface area contributed by atoms with Crippen molar-refractivity contribution >= 4 is 23.5 Å². The van der Waals surface area contributed by atoms with Crippen LogP contribution >= 0.6 is 23.5 Å². The maximum absolute atomic E-state index is 13.6. The van der Waals surface area contributed by atoms with E-state index in [1.54, 1.807) is 6.07 Å². The average molecular weight is 289 g/mol. The van der Waals surface area contributed by atoms with Gasteiger partial charge in [0.2, 0.25) is 0 Å². The molecule has 1 aliphatic heterocycles. The molecule has 2 rings (SSSR count). The van der Waals surface area contributed by atoms with Crippen molar-refractivity contribution in [2.45, 2.75) is 17.7 Å². The van der Waals surface area contributed by atoms with Gasteiger partial charge in [-0.2, -0.15) is 23.5 Å². The van der Waals surface area contributed by atoms with Gasteiger partial charge in [-0.3, -0.25) is 0 Å². The highest BCUT2D eigenvalue weighted by Crippen LogP contribution is 2.28. The van der Waals surface area contributed by atoms with Crippen LogP contribution in [0.15, 0.2) is 18.2 Å². The first-order valence-electron chi connectivity index (χ1n) is 6.01. The molecule has 1 saturated heterocycles. The third kappa shape index (κ3) is 3.62. The summed E-state index contributed by atoms with van der Waals surface area (Å²) in [6.45, 7) is 0. The van der Waals surface area contributed by atoms with E-state index in [4.69, 9.17) is 0 Å². The second kappa shape index (κ2) is 6.78. The van der Waals surface area contributed by atoms with Crippen LogP contribution in [0.1, 0.15) is 5.56 Å². The molecule has 2 unspecified atom stereocenters. The third-order valence-corrected chi connectivity index (χ3v) is 6.04. The van der Waals surface area contributed by atoms with Gasteiger partial charge >= 0.3 is 0 Å². The van der Waals surface area contributed by atoms with Gasteiger partial charge < -0.3 is 5.32 Å². The van der Waals surface area contributed by atoms with Crippen LogP contribution in [0, 0.1) is 11.6 Å². The molecule has 1 heterocycles. The van der Waals surface area contributed by atoms with E-state index < -0.39 is 11.6 Å². The number of hydrogen-bond acceptors (Lipinski definition) is 3. The summed E-state index contributed by atoms with van der Waals surface area (Å²) in [6.07, 6.45) is 0.612. The number of likely N-dealkylation sites (N-methyl/N-ethyl adjacent to an activating group) is 1. The molecule has 0 radical (unpaired) electrons. The quantitative estimate of drug-likeness (QED) is 0.915. The van der Waals surface area contributed by atoms with Crippen molar-refractivity contribution in [2.24, 2.45) is 0 Å². The van der Waals surface area contributed by atoms with Crippen LogP contribution in [0.25, 0.3) is 0 Å². The summed E-state index contributed by atoms with van der Waals surface area (Å²) >= 11 is 3.89. The van der Waals surface area contributed by atoms with Crippen molar-refractivity contribution in [3.05, 3.63) is 35.4 Å². The molecule has 0 aromatic heterocycles. The van der Waals surface area contributed by atoms with E-state index in [1.165, 1.54) is 11.8 Å². The van der Waals surface area contributed by atoms with Crippen molar-refractivity contribution < 1.29 is 8.78 Å². The number of thioether (sulfide) groups is 2. The molecule has 1 nitrogen and oxygen atoms in total. The van der Waals surface area contributed by atoms with E-state index in [0.29, 0.717) is 17.2 Å². The molecule has 1 aromatic carbocycles. The molecule has 0 aliphatic carbocycles. The number of halogens is 2. The topological polar surface area (TPSA) is 12.0 Å². The third-order valence-electron chi connectivity index (χ3n) is 3.12. The Hall–Kier alpha value is -0.260. The van der Waals surface area contributed by atoms with Crippen LogP contribution in [0.3, 0.4) is 0 Å². The molecule has 1 aromatic rings. The van der Waals surface area contributed by atoms with Crippen LogP contribution in [-0.2, 0) is 6.42 Å². The van der Waals surface area contributed by atoms with Crippen molar-refractivity contribution in [1.82, 2.24) is 5.32 Å². The van der Waals surface area contributed by atoms with Gasteiger partial charge in [0, 0.05) is 34.6 Å². The van der Waals surface area contributed by atoms with Crippen molar-refractivity contribution in [3.8, 4) is 0 Å². The molecule has 18 heavy (non-hydrogen) atoms. The Balaban J connectivity index is 2.04. The predicted molar refractivity (Wildman–Crippen MR) is 76.5 cm³/mol. The molecule has 0 saturated carbocycles. The largest absolute Gasteiger partial charge is 0.316 e. The van der Waals surface area contributed by atoms with E-state index in [2.05, 4.69) is 5.32 Å². The molecule has 0 bridgehead atoms. The number of hydrogen-bond donors (Lipinski definition) is 1. The normalized spacial score (nSPS) is 21.8. The summed E-state index contributed by atoms with van der Waals surface area (Å²) in [4.78, 5) is 0. The maximum atomic E-state index is 13.6. The van der Waals surface area contributed by atoms with Gasteiger partial charge in [-0.15, -0.1) is 0 Å². The summed E-state index contributed by atoms with van der Waals surface area (Å²) in [5.41, 5.74) is 0.590. The first-order valence-corrected chi connectivity index (χ1v) is 8.21. The van der Waals surface area contributed by atoms with Crippen molar-refractivity contribution in [2.75, 3.05) is 24.3 Å². The zero-order valence-electron chi connectivity index (χ0n) is 10.3. The van der Waals surface area contributed by atoms with Gasteiger partial charge in [0.15, 0.2) is 0 Å². The first-order chi connectivity index (χ1) is 8.70. The Morgan fingerprint density at radius 3 is 2.83 bits per heavy atom. The van der Waals surface area contributed by atoms with Gasteiger partial charge in [0.25, 0.3) is 0 Å². The molecule has 100 valence electrons. The lowest BCUT2D eigenvalue weighted by Crippen LogP contribution is -2.40. The highest BCUT2D eigenvalue weighted by atomic mass is 32.2.